The van der Waals surface area contributed by atoms with E-state index in [0.29, 0.717) is 12.4 Å². The zero-order valence-electron chi connectivity index (χ0n) is 8.66. The van der Waals surface area contributed by atoms with Crippen LogP contribution in [0.4, 0.5) is 4.39 Å². The van der Waals surface area contributed by atoms with Crippen molar-refractivity contribution in [2.24, 2.45) is 0 Å². The van der Waals surface area contributed by atoms with Gasteiger partial charge in [0.25, 0.3) is 0 Å². The van der Waals surface area contributed by atoms with Crippen LogP contribution in [0.1, 0.15) is 13.3 Å². The maximum absolute atomic E-state index is 13.3. The Morgan fingerprint density at radius 3 is 2.53 bits per heavy atom. The lowest BCUT2D eigenvalue weighted by Crippen LogP contribution is -2.02. The Bertz CT molecular complexity index is 440. The number of sulfone groups is 1. The SMILES string of the molecule is CCCOc1ccc(S(C)(=O)=O)c(F)c1. The standard InChI is InChI=1S/C10H13FO3S/c1-3-6-14-8-4-5-10(9(11)7-8)15(2,12)13/h4-5,7H,3,6H2,1-2H3. The van der Waals surface area contributed by atoms with E-state index in [-0.39, 0.29) is 4.90 Å². The molecule has 0 saturated heterocycles. The van der Waals surface area contributed by atoms with Gasteiger partial charge in [-0.1, -0.05) is 6.92 Å². The van der Waals surface area contributed by atoms with E-state index < -0.39 is 15.7 Å². The van der Waals surface area contributed by atoms with Gasteiger partial charge >= 0.3 is 0 Å². The van der Waals surface area contributed by atoms with E-state index in [2.05, 4.69) is 0 Å². The van der Waals surface area contributed by atoms with E-state index in [1.165, 1.54) is 12.1 Å². The summed E-state index contributed by atoms with van der Waals surface area (Å²) < 4.78 is 40.7. The number of rotatable bonds is 4. The molecule has 1 aromatic carbocycles. The fourth-order valence-corrected chi connectivity index (χ4v) is 1.82. The van der Waals surface area contributed by atoms with Crippen molar-refractivity contribution in [2.45, 2.75) is 18.2 Å². The Morgan fingerprint density at radius 2 is 2.07 bits per heavy atom. The highest BCUT2D eigenvalue weighted by Crippen LogP contribution is 2.20. The van der Waals surface area contributed by atoms with Gasteiger partial charge in [0.05, 0.1) is 6.61 Å². The zero-order valence-corrected chi connectivity index (χ0v) is 9.47. The molecular weight excluding hydrogens is 219 g/mol. The van der Waals surface area contributed by atoms with Gasteiger partial charge in [0, 0.05) is 12.3 Å². The third-order valence-electron chi connectivity index (χ3n) is 1.78. The van der Waals surface area contributed by atoms with E-state index in [9.17, 15) is 12.8 Å². The highest BCUT2D eigenvalue weighted by atomic mass is 32.2. The minimum atomic E-state index is -3.50. The molecule has 0 aliphatic rings. The lowest BCUT2D eigenvalue weighted by Gasteiger charge is -2.06. The van der Waals surface area contributed by atoms with Crippen molar-refractivity contribution in [3.05, 3.63) is 24.0 Å². The van der Waals surface area contributed by atoms with Crippen molar-refractivity contribution in [1.29, 1.82) is 0 Å². The maximum Gasteiger partial charge on any atom is 0.178 e. The van der Waals surface area contributed by atoms with Crippen LogP contribution in [0.15, 0.2) is 23.1 Å². The lowest BCUT2D eigenvalue weighted by molar-refractivity contribution is 0.315. The number of hydrogen-bond acceptors (Lipinski definition) is 3. The van der Waals surface area contributed by atoms with Gasteiger partial charge in [-0.2, -0.15) is 0 Å². The first-order valence-corrected chi connectivity index (χ1v) is 6.46. The van der Waals surface area contributed by atoms with Crippen molar-refractivity contribution in [2.75, 3.05) is 12.9 Å². The predicted molar refractivity (Wildman–Crippen MR) is 55.3 cm³/mol. The summed E-state index contributed by atoms with van der Waals surface area (Å²) in [6.45, 7) is 2.42. The summed E-state index contributed by atoms with van der Waals surface area (Å²) in [7, 11) is -3.50. The van der Waals surface area contributed by atoms with Gasteiger partial charge in [-0.15, -0.1) is 0 Å². The van der Waals surface area contributed by atoms with E-state index >= 15 is 0 Å². The van der Waals surface area contributed by atoms with E-state index in [1.807, 2.05) is 6.92 Å². The minimum absolute atomic E-state index is 0.300. The molecule has 0 aliphatic heterocycles. The molecule has 84 valence electrons. The third-order valence-corrected chi connectivity index (χ3v) is 2.91. The average Bonchev–Trinajstić information content (AvgIpc) is 2.12. The van der Waals surface area contributed by atoms with Crippen molar-refractivity contribution >= 4 is 9.84 Å². The second kappa shape index (κ2) is 4.61. The Kier molecular flexibility index (Phi) is 3.68. The first-order valence-electron chi connectivity index (χ1n) is 4.57. The maximum atomic E-state index is 13.3. The Hall–Kier alpha value is -1.10. The highest BCUT2D eigenvalue weighted by molar-refractivity contribution is 7.90. The average molecular weight is 232 g/mol. The Morgan fingerprint density at radius 1 is 1.40 bits per heavy atom. The summed E-state index contributed by atoms with van der Waals surface area (Å²) in [6.07, 6.45) is 1.79. The van der Waals surface area contributed by atoms with Crippen LogP contribution in [-0.2, 0) is 9.84 Å². The molecular formula is C10H13FO3S. The van der Waals surface area contributed by atoms with Crippen LogP contribution in [0, 0.1) is 5.82 Å². The molecule has 1 rings (SSSR count). The van der Waals surface area contributed by atoms with Crippen LogP contribution >= 0.6 is 0 Å². The van der Waals surface area contributed by atoms with Gasteiger partial charge in [-0.25, -0.2) is 12.8 Å². The summed E-state index contributed by atoms with van der Waals surface area (Å²) in [5.74, 6) is -0.423. The molecule has 5 heteroatoms. The lowest BCUT2D eigenvalue weighted by atomic mass is 10.3. The van der Waals surface area contributed by atoms with Gasteiger partial charge in [0.1, 0.15) is 16.5 Å². The van der Waals surface area contributed by atoms with Gasteiger partial charge in [0.2, 0.25) is 0 Å². The molecule has 0 atom stereocenters. The second-order valence-corrected chi connectivity index (χ2v) is 5.20. The smallest absolute Gasteiger partial charge is 0.178 e. The summed E-state index contributed by atoms with van der Waals surface area (Å²) >= 11 is 0. The molecule has 0 unspecified atom stereocenters. The molecule has 0 heterocycles. The molecule has 0 fully saturated rings. The first kappa shape index (κ1) is 12.0. The monoisotopic (exact) mass is 232 g/mol. The van der Waals surface area contributed by atoms with Gasteiger partial charge in [0.15, 0.2) is 9.84 Å². The molecule has 0 saturated carbocycles. The van der Waals surface area contributed by atoms with E-state index in [4.69, 9.17) is 4.74 Å². The van der Waals surface area contributed by atoms with Crippen LogP contribution in [0.2, 0.25) is 0 Å². The molecule has 0 amide bonds. The first-order chi connectivity index (χ1) is 6.95. The molecule has 0 radical (unpaired) electrons. The summed E-state index contributed by atoms with van der Waals surface area (Å²) in [6, 6.07) is 3.76. The highest BCUT2D eigenvalue weighted by Gasteiger charge is 2.13. The molecule has 0 aromatic heterocycles. The van der Waals surface area contributed by atoms with Crippen LogP contribution < -0.4 is 4.74 Å². The van der Waals surface area contributed by atoms with Crippen molar-refractivity contribution < 1.29 is 17.5 Å². The molecule has 3 nitrogen and oxygen atoms in total. The topological polar surface area (TPSA) is 43.4 Å². The van der Waals surface area contributed by atoms with Crippen LogP contribution in [0.5, 0.6) is 5.75 Å². The largest absolute Gasteiger partial charge is 0.494 e. The zero-order chi connectivity index (χ0) is 11.5. The normalized spacial score (nSPS) is 11.4. The van der Waals surface area contributed by atoms with Gasteiger partial charge in [-0.05, 0) is 18.6 Å². The molecule has 15 heavy (non-hydrogen) atoms. The quantitative estimate of drug-likeness (QED) is 0.797. The third kappa shape index (κ3) is 3.20. The molecule has 0 bridgehead atoms. The number of hydrogen-bond donors (Lipinski definition) is 0. The van der Waals surface area contributed by atoms with Crippen molar-refractivity contribution in [3.8, 4) is 5.75 Å². The van der Waals surface area contributed by atoms with E-state index in [0.717, 1.165) is 18.7 Å². The Labute approximate surface area is 88.8 Å². The number of halogens is 1. The van der Waals surface area contributed by atoms with Gasteiger partial charge in [-0.3, -0.25) is 0 Å². The molecule has 0 spiro atoms. The second-order valence-electron chi connectivity index (χ2n) is 3.21. The Balaban J connectivity index is 2.99. The number of benzene rings is 1. The van der Waals surface area contributed by atoms with Crippen LogP contribution in [0.25, 0.3) is 0 Å². The van der Waals surface area contributed by atoms with Crippen molar-refractivity contribution in [1.82, 2.24) is 0 Å². The summed E-state index contributed by atoms with van der Waals surface area (Å²) in [5.41, 5.74) is 0. The van der Waals surface area contributed by atoms with Crippen LogP contribution in [0.3, 0.4) is 0 Å². The minimum Gasteiger partial charge on any atom is -0.494 e. The van der Waals surface area contributed by atoms with E-state index in [1.54, 1.807) is 0 Å². The predicted octanol–water partition coefficient (Wildman–Crippen LogP) is 2.02. The van der Waals surface area contributed by atoms with Crippen molar-refractivity contribution in [3.63, 3.8) is 0 Å². The number of ether oxygens (including phenoxy) is 1. The molecule has 0 N–H and O–H groups in total. The summed E-state index contributed by atoms with van der Waals surface area (Å²) in [4.78, 5) is -0.300. The molecule has 0 aliphatic carbocycles. The van der Waals surface area contributed by atoms with Crippen LogP contribution in [-0.4, -0.2) is 21.3 Å². The summed E-state index contributed by atoms with van der Waals surface area (Å²) in [5, 5.41) is 0. The fraction of sp³-hybridized carbons (Fsp3) is 0.400. The fourth-order valence-electron chi connectivity index (χ4n) is 1.09. The molecule has 1 aromatic rings. The van der Waals surface area contributed by atoms with Gasteiger partial charge < -0.3 is 4.74 Å².